The van der Waals surface area contributed by atoms with E-state index in [1.165, 1.54) is 0 Å². The Morgan fingerprint density at radius 3 is 1.40 bits per heavy atom. The van der Waals surface area contributed by atoms with Crippen LogP contribution in [0.15, 0.2) is 103 Å². The topological polar surface area (TPSA) is 40.1 Å². The summed E-state index contributed by atoms with van der Waals surface area (Å²) in [5.74, 6) is -1.09. The Hall–Kier alpha value is -3.17. The maximum Gasteiger partial charge on any atom is 0.147 e. The van der Waals surface area contributed by atoms with Gasteiger partial charge in [0.25, 0.3) is 0 Å². The van der Waals surface area contributed by atoms with Gasteiger partial charge in [-0.15, -0.1) is 0 Å². The number of carboxylic acid groups (broad SMARTS) is 1. The summed E-state index contributed by atoms with van der Waals surface area (Å²) in [7, 11) is 0. The van der Waals surface area contributed by atoms with Crippen molar-refractivity contribution in [3.8, 4) is 0 Å². The third-order valence-electron chi connectivity index (χ3n) is 4.10. The molecule has 0 radical (unpaired) electrons. The van der Waals surface area contributed by atoms with Crippen molar-refractivity contribution in [2.45, 2.75) is 6.42 Å². The lowest BCUT2D eigenvalue weighted by Gasteiger charge is -2.33. The molecular weight excluding hydrogens is 310 g/mol. The Labute approximate surface area is 147 Å². The molecular formula is C22H19NO2. The fraction of sp³-hybridized carbons (Fsp3) is 0.0455. The predicted molar refractivity (Wildman–Crippen MR) is 99.2 cm³/mol. The lowest BCUT2D eigenvalue weighted by atomic mass is 10.1. The minimum absolute atomic E-state index is 0.132. The smallest absolute Gasteiger partial charge is 0.147 e. The first-order chi connectivity index (χ1) is 12.2. The second-order valence-electron chi connectivity index (χ2n) is 5.69. The summed E-state index contributed by atoms with van der Waals surface area (Å²) in [6, 6.07) is 30.1. The third kappa shape index (κ3) is 3.52. The van der Waals surface area contributed by atoms with Gasteiger partial charge in [-0.3, -0.25) is 0 Å². The highest BCUT2D eigenvalue weighted by molar-refractivity contribution is 5.73. The average molecular weight is 329 g/mol. The standard InChI is InChI=1S/C22H19NO2/c24-22(25)17-10-18-23(19-11-4-1-5-12-19,20-13-6-2-7-14-20)21-15-8-3-9-16-21/h1-16,18H,17H2. The molecule has 0 spiro atoms. The van der Waals surface area contributed by atoms with Crippen LogP contribution < -0.4 is 9.59 Å². The fourth-order valence-corrected chi connectivity index (χ4v) is 3.00. The molecule has 0 aliphatic rings. The third-order valence-corrected chi connectivity index (χ3v) is 4.10. The van der Waals surface area contributed by atoms with Crippen LogP contribution in [0.1, 0.15) is 6.42 Å². The maximum atomic E-state index is 10.9. The molecule has 0 heterocycles. The molecule has 3 aromatic rings. The molecule has 0 unspecified atom stereocenters. The number of para-hydroxylation sites is 3. The van der Waals surface area contributed by atoms with E-state index in [2.05, 4.69) is 0 Å². The highest BCUT2D eigenvalue weighted by atomic mass is 16.4. The number of carboxylic acids is 1. The maximum absolute atomic E-state index is 10.9. The van der Waals surface area contributed by atoms with Crippen molar-refractivity contribution in [2.75, 3.05) is 0 Å². The van der Waals surface area contributed by atoms with Crippen molar-refractivity contribution in [3.05, 3.63) is 103 Å². The molecule has 0 saturated heterocycles. The lowest BCUT2D eigenvalue weighted by Crippen LogP contribution is -2.32. The van der Waals surface area contributed by atoms with Gasteiger partial charge in [0, 0.05) is 48.8 Å². The second-order valence-corrected chi connectivity index (χ2v) is 5.69. The Morgan fingerprint density at radius 1 is 0.720 bits per heavy atom. The van der Waals surface area contributed by atoms with E-state index in [9.17, 15) is 9.90 Å². The molecule has 0 atom stereocenters. The highest BCUT2D eigenvalue weighted by Gasteiger charge is 2.33. The Bertz CT molecular complexity index is 746. The van der Waals surface area contributed by atoms with E-state index in [-0.39, 0.29) is 6.42 Å². The molecule has 0 fully saturated rings. The van der Waals surface area contributed by atoms with Crippen LogP contribution in [-0.4, -0.2) is 5.97 Å². The van der Waals surface area contributed by atoms with Crippen LogP contribution in [0.5, 0.6) is 0 Å². The normalized spacial score (nSPS) is 11.5. The largest absolute Gasteiger partial charge is 0.550 e. The van der Waals surface area contributed by atoms with Crippen molar-refractivity contribution in [1.29, 1.82) is 0 Å². The number of nitrogens with zero attached hydrogens (tertiary/aromatic N) is 1. The van der Waals surface area contributed by atoms with Crippen molar-refractivity contribution < 1.29 is 9.90 Å². The summed E-state index contributed by atoms with van der Waals surface area (Å²) >= 11 is 0. The Kier molecular flexibility index (Phi) is 5.07. The van der Waals surface area contributed by atoms with Gasteiger partial charge in [-0.25, -0.2) is 4.48 Å². The summed E-state index contributed by atoms with van der Waals surface area (Å²) in [5, 5.41) is 10.9. The Balaban J connectivity index is 2.27. The van der Waals surface area contributed by atoms with E-state index in [0.29, 0.717) is 4.48 Å². The number of rotatable bonds is 6. The van der Waals surface area contributed by atoms with Crippen molar-refractivity contribution in [1.82, 2.24) is 4.48 Å². The predicted octanol–water partition coefficient (Wildman–Crippen LogP) is 4.31. The first-order valence-corrected chi connectivity index (χ1v) is 8.16. The SMILES string of the molecule is O=C([O-])CC=C[N+](c1ccccc1)(c1ccccc1)c1ccccc1. The number of carbonyl (C=O) groups is 1. The number of quaternary nitrogens is 1. The van der Waals surface area contributed by atoms with Crippen molar-refractivity contribution in [2.24, 2.45) is 0 Å². The second kappa shape index (κ2) is 7.60. The monoisotopic (exact) mass is 329 g/mol. The first-order valence-electron chi connectivity index (χ1n) is 8.16. The van der Waals surface area contributed by atoms with Gasteiger partial charge in [0.15, 0.2) is 0 Å². The van der Waals surface area contributed by atoms with E-state index in [0.717, 1.165) is 17.1 Å². The van der Waals surface area contributed by atoms with E-state index in [1.807, 2.05) is 97.2 Å². The van der Waals surface area contributed by atoms with Crippen LogP contribution >= 0.6 is 0 Å². The van der Waals surface area contributed by atoms with Gasteiger partial charge in [0.1, 0.15) is 23.3 Å². The molecule has 124 valence electrons. The fourth-order valence-electron chi connectivity index (χ4n) is 3.00. The zero-order valence-electron chi connectivity index (χ0n) is 13.8. The van der Waals surface area contributed by atoms with Crippen LogP contribution in [-0.2, 0) is 4.79 Å². The summed E-state index contributed by atoms with van der Waals surface area (Å²) in [6.07, 6.45) is 3.44. The molecule has 3 heteroatoms. The molecule has 0 aliphatic heterocycles. The quantitative estimate of drug-likeness (QED) is 0.632. The van der Waals surface area contributed by atoms with Crippen LogP contribution in [0.25, 0.3) is 0 Å². The van der Waals surface area contributed by atoms with E-state index < -0.39 is 5.97 Å². The summed E-state index contributed by atoms with van der Waals surface area (Å²) in [4.78, 5) is 10.9. The summed E-state index contributed by atoms with van der Waals surface area (Å²) < 4.78 is 0.301. The van der Waals surface area contributed by atoms with Gasteiger partial charge in [0.2, 0.25) is 0 Å². The van der Waals surface area contributed by atoms with E-state index in [1.54, 1.807) is 6.08 Å². The molecule has 0 amide bonds. The molecule has 0 saturated carbocycles. The van der Waals surface area contributed by atoms with Crippen LogP contribution in [0.2, 0.25) is 0 Å². The zero-order chi connectivity index (χ0) is 17.5. The molecule has 0 N–H and O–H groups in total. The van der Waals surface area contributed by atoms with Gasteiger partial charge >= 0.3 is 0 Å². The number of carbonyl (C=O) groups excluding carboxylic acids is 1. The lowest BCUT2D eigenvalue weighted by molar-refractivity contribution is -0.304. The molecule has 0 aliphatic carbocycles. The molecule has 25 heavy (non-hydrogen) atoms. The van der Waals surface area contributed by atoms with Gasteiger partial charge < -0.3 is 9.90 Å². The highest BCUT2D eigenvalue weighted by Crippen LogP contribution is 2.44. The van der Waals surface area contributed by atoms with Crippen molar-refractivity contribution in [3.63, 3.8) is 0 Å². The van der Waals surface area contributed by atoms with Crippen LogP contribution in [0.4, 0.5) is 17.1 Å². The van der Waals surface area contributed by atoms with E-state index in [4.69, 9.17) is 0 Å². The molecule has 3 rings (SSSR count). The molecule has 0 bridgehead atoms. The minimum Gasteiger partial charge on any atom is -0.550 e. The number of hydrogen-bond acceptors (Lipinski definition) is 2. The van der Waals surface area contributed by atoms with Crippen LogP contribution in [0, 0.1) is 0 Å². The minimum atomic E-state index is -1.09. The summed E-state index contributed by atoms with van der Waals surface area (Å²) in [6.45, 7) is 0. The molecule has 3 nitrogen and oxygen atoms in total. The zero-order valence-corrected chi connectivity index (χ0v) is 13.8. The van der Waals surface area contributed by atoms with Gasteiger partial charge in [-0.05, 0) is 6.08 Å². The van der Waals surface area contributed by atoms with Crippen LogP contribution in [0.3, 0.4) is 0 Å². The van der Waals surface area contributed by atoms with Gasteiger partial charge in [0.05, 0.1) is 0 Å². The number of benzene rings is 3. The summed E-state index contributed by atoms with van der Waals surface area (Å²) in [5.41, 5.74) is 3.07. The first kappa shape index (κ1) is 16.7. The van der Waals surface area contributed by atoms with Crippen molar-refractivity contribution >= 4 is 23.0 Å². The number of aliphatic carboxylic acids is 1. The van der Waals surface area contributed by atoms with Gasteiger partial charge in [-0.1, -0.05) is 54.6 Å². The average Bonchev–Trinajstić information content (AvgIpc) is 2.67. The number of hydrogen-bond donors (Lipinski definition) is 0. The molecule has 3 aromatic carbocycles. The Morgan fingerprint density at radius 2 is 1.08 bits per heavy atom. The van der Waals surface area contributed by atoms with E-state index >= 15 is 0 Å². The van der Waals surface area contributed by atoms with Gasteiger partial charge in [-0.2, -0.15) is 0 Å². The molecule has 0 aromatic heterocycles.